The molecule has 0 atom stereocenters. The van der Waals surface area contributed by atoms with Gasteiger partial charge in [-0.1, -0.05) is 18.2 Å². The van der Waals surface area contributed by atoms with E-state index in [1.807, 2.05) is 24.3 Å². The first kappa shape index (κ1) is 16.9. The highest BCUT2D eigenvalue weighted by Gasteiger charge is 2.20. The number of ether oxygens (including phenoxy) is 1. The van der Waals surface area contributed by atoms with Gasteiger partial charge in [-0.15, -0.1) is 23.5 Å². The lowest BCUT2D eigenvalue weighted by molar-refractivity contribution is -0.118. The number of allylic oxidation sites excluding steroid dienone is 2. The Hall–Kier alpha value is -1.46. The Bertz CT molecular complexity index is 607. The molecule has 1 aromatic carbocycles. The summed E-state index contributed by atoms with van der Waals surface area (Å²) in [5.41, 5.74) is 1.21. The van der Waals surface area contributed by atoms with Crippen LogP contribution in [0.4, 0.5) is 0 Å². The molecule has 0 aromatic heterocycles. The van der Waals surface area contributed by atoms with Crippen LogP contribution in [0.1, 0.15) is 18.9 Å². The van der Waals surface area contributed by atoms with E-state index in [1.54, 1.807) is 36.7 Å². The minimum Gasteiger partial charge on any atom is -0.497 e. The molecule has 3 nitrogen and oxygen atoms in total. The zero-order valence-electron chi connectivity index (χ0n) is 12.6. The standard InChI is InChI=1S/C17H18O3S2/c1-12(18)16(17-21-10-3-11-22-17)15(19)9-6-13-4-7-14(20-2)8-5-13/h4-9H,3,10-11H2,1-2H3. The summed E-state index contributed by atoms with van der Waals surface area (Å²) in [6, 6.07) is 7.41. The average molecular weight is 334 g/mol. The van der Waals surface area contributed by atoms with Gasteiger partial charge in [0.05, 0.1) is 16.9 Å². The zero-order valence-corrected chi connectivity index (χ0v) is 14.3. The van der Waals surface area contributed by atoms with Gasteiger partial charge in [0, 0.05) is 0 Å². The topological polar surface area (TPSA) is 43.4 Å². The fourth-order valence-corrected chi connectivity index (χ4v) is 4.70. The maximum Gasteiger partial charge on any atom is 0.191 e. The van der Waals surface area contributed by atoms with Crippen molar-refractivity contribution in [2.45, 2.75) is 13.3 Å². The van der Waals surface area contributed by atoms with E-state index in [2.05, 4.69) is 0 Å². The van der Waals surface area contributed by atoms with Crippen LogP contribution in [-0.4, -0.2) is 30.2 Å². The minimum atomic E-state index is -0.222. The summed E-state index contributed by atoms with van der Waals surface area (Å²) in [6.45, 7) is 1.46. The molecule has 0 amide bonds. The number of ketones is 2. The first-order valence-corrected chi connectivity index (χ1v) is 8.96. The second-order valence-electron chi connectivity index (χ2n) is 4.74. The largest absolute Gasteiger partial charge is 0.497 e. The zero-order chi connectivity index (χ0) is 15.9. The molecule has 1 saturated heterocycles. The smallest absolute Gasteiger partial charge is 0.191 e. The van der Waals surface area contributed by atoms with E-state index in [0.717, 1.165) is 33.5 Å². The van der Waals surface area contributed by atoms with Crippen molar-refractivity contribution in [2.75, 3.05) is 18.6 Å². The van der Waals surface area contributed by atoms with E-state index >= 15 is 0 Å². The first-order valence-electron chi connectivity index (χ1n) is 6.99. The minimum absolute atomic E-state index is 0.165. The third-order valence-corrected chi connectivity index (χ3v) is 5.73. The van der Waals surface area contributed by atoms with Gasteiger partial charge in [-0.25, -0.2) is 0 Å². The van der Waals surface area contributed by atoms with Crippen LogP contribution < -0.4 is 4.74 Å². The second kappa shape index (κ2) is 8.25. The van der Waals surface area contributed by atoms with Crippen LogP contribution in [0, 0.1) is 0 Å². The molecule has 1 aliphatic rings. The summed E-state index contributed by atoms with van der Waals surface area (Å²) in [6.07, 6.45) is 4.31. The van der Waals surface area contributed by atoms with Gasteiger partial charge in [0.1, 0.15) is 5.75 Å². The number of benzene rings is 1. The van der Waals surface area contributed by atoms with Crippen LogP contribution in [0.15, 0.2) is 40.2 Å². The lowest BCUT2D eigenvalue weighted by Crippen LogP contribution is -2.11. The van der Waals surface area contributed by atoms with Crippen molar-refractivity contribution in [3.05, 3.63) is 45.7 Å². The Labute approximate surface area is 139 Å². The Morgan fingerprint density at radius 3 is 2.32 bits per heavy atom. The van der Waals surface area contributed by atoms with Gasteiger partial charge in [-0.2, -0.15) is 0 Å². The molecule has 0 radical (unpaired) electrons. The summed E-state index contributed by atoms with van der Waals surface area (Å²) in [4.78, 5) is 24.2. The molecule has 116 valence electrons. The predicted octanol–water partition coefficient (Wildman–Crippen LogP) is 3.95. The Morgan fingerprint density at radius 1 is 1.14 bits per heavy atom. The molecule has 1 fully saturated rings. The van der Waals surface area contributed by atoms with E-state index in [0.29, 0.717) is 5.57 Å². The van der Waals surface area contributed by atoms with Gasteiger partial charge >= 0.3 is 0 Å². The van der Waals surface area contributed by atoms with Crippen molar-refractivity contribution in [3.63, 3.8) is 0 Å². The number of thioether (sulfide) groups is 2. The molecule has 0 unspecified atom stereocenters. The van der Waals surface area contributed by atoms with Gasteiger partial charge in [-0.05, 0) is 48.6 Å². The molecule has 2 rings (SSSR count). The van der Waals surface area contributed by atoms with E-state index < -0.39 is 0 Å². The van der Waals surface area contributed by atoms with Crippen molar-refractivity contribution in [2.24, 2.45) is 0 Å². The SMILES string of the molecule is COc1ccc(C=CC(=O)C(C(C)=O)=C2SCCCS2)cc1. The van der Waals surface area contributed by atoms with Gasteiger partial charge < -0.3 is 4.74 Å². The summed E-state index contributed by atoms with van der Waals surface area (Å²) in [5, 5.41) is 0. The number of hydrogen-bond donors (Lipinski definition) is 0. The fraction of sp³-hybridized carbons (Fsp3) is 0.294. The van der Waals surface area contributed by atoms with E-state index in [-0.39, 0.29) is 11.6 Å². The van der Waals surface area contributed by atoms with Crippen LogP contribution in [0.25, 0.3) is 6.08 Å². The Morgan fingerprint density at radius 2 is 1.77 bits per heavy atom. The molecule has 0 aliphatic carbocycles. The average Bonchev–Trinajstić information content (AvgIpc) is 2.54. The highest BCUT2D eigenvalue weighted by molar-refractivity contribution is 8.22. The lowest BCUT2D eigenvalue weighted by atomic mass is 10.1. The highest BCUT2D eigenvalue weighted by Crippen LogP contribution is 2.37. The molecule has 5 heteroatoms. The maximum atomic E-state index is 12.4. The van der Waals surface area contributed by atoms with Crippen molar-refractivity contribution in [1.29, 1.82) is 0 Å². The highest BCUT2D eigenvalue weighted by atomic mass is 32.2. The summed E-state index contributed by atoms with van der Waals surface area (Å²) >= 11 is 3.21. The lowest BCUT2D eigenvalue weighted by Gasteiger charge is -2.15. The third kappa shape index (κ3) is 4.52. The van der Waals surface area contributed by atoms with Crippen molar-refractivity contribution in [3.8, 4) is 5.75 Å². The number of carbonyl (C=O) groups is 2. The molecule has 0 saturated carbocycles. The maximum absolute atomic E-state index is 12.4. The molecule has 1 heterocycles. The van der Waals surface area contributed by atoms with Crippen LogP contribution in [0.5, 0.6) is 5.75 Å². The molecular formula is C17H18O3S2. The van der Waals surface area contributed by atoms with Crippen molar-refractivity contribution in [1.82, 2.24) is 0 Å². The number of rotatable bonds is 5. The Balaban J connectivity index is 2.17. The number of Topliss-reactive ketones (excluding diaryl/α,β-unsaturated/α-hetero) is 1. The van der Waals surface area contributed by atoms with Gasteiger partial charge in [0.2, 0.25) is 0 Å². The molecule has 0 spiro atoms. The van der Waals surface area contributed by atoms with Gasteiger partial charge in [0.15, 0.2) is 11.6 Å². The molecular weight excluding hydrogens is 316 g/mol. The second-order valence-corrected chi connectivity index (χ2v) is 7.21. The molecule has 1 aromatic rings. The predicted molar refractivity (Wildman–Crippen MR) is 94.3 cm³/mol. The van der Waals surface area contributed by atoms with Crippen LogP contribution in [0.3, 0.4) is 0 Å². The normalized spacial score (nSPS) is 14.9. The van der Waals surface area contributed by atoms with Crippen LogP contribution in [0.2, 0.25) is 0 Å². The van der Waals surface area contributed by atoms with Crippen molar-refractivity contribution < 1.29 is 14.3 Å². The van der Waals surface area contributed by atoms with E-state index in [1.165, 1.54) is 13.0 Å². The van der Waals surface area contributed by atoms with Crippen molar-refractivity contribution >= 4 is 41.2 Å². The van der Waals surface area contributed by atoms with Crippen LogP contribution >= 0.6 is 23.5 Å². The van der Waals surface area contributed by atoms with Gasteiger partial charge in [-0.3, -0.25) is 9.59 Å². The fourth-order valence-electron chi connectivity index (χ4n) is 1.96. The Kier molecular flexibility index (Phi) is 6.34. The van der Waals surface area contributed by atoms with E-state index in [9.17, 15) is 9.59 Å². The summed E-state index contributed by atoms with van der Waals surface area (Å²) < 4.78 is 5.96. The monoisotopic (exact) mass is 334 g/mol. The van der Waals surface area contributed by atoms with Gasteiger partial charge in [0.25, 0.3) is 0 Å². The molecule has 22 heavy (non-hydrogen) atoms. The van der Waals surface area contributed by atoms with Crippen LogP contribution in [-0.2, 0) is 9.59 Å². The molecule has 0 bridgehead atoms. The first-order chi connectivity index (χ1) is 10.6. The summed E-state index contributed by atoms with van der Waals surface area (Å²) in [7, 11) is 1.61. The quantitative estimate of drug-likeness (QED) is 0.463. The number of carbonyl (C=O) groups excluding carboxylic acids is 2. The summed E-state index contributed by atoms with van der Waals surface area (Å²) in [5.74, 6) is 2.31. The number of hydrogen-bond acceptors (Lipinski definition) is 5. The third-order valence-electron chi connectivity index (χ3n) is 3.10. The molecule has 0 N–H and O–H groups in total. The van der Waals surface area contributed by atoms with E-state index in [4.69, 9.17) is 4.74 Å². The number of methoxy groups -OCH3 is 1. The molecule has 1 aliphatic heterocycles.